The van der Waals surface area contributed by atoms with E-state index in [-0.39, 0.29) is 18.3 Å². The molecule has 0 aromatic heterocycles. The second-order valence-corrected chi connectivity index (χ2v) is 5.41. The molecule has 0 aliphatic carbocycles. The topological polar surface area (TPSA) is 21.3 Å². The van der Waals surface area contributed by atoms with Crippen molar-refractivity contribution >= 4 is 5.69 Å². The number of nitrogens with one attached hydrogen (secondary N) is 1. The molecule has 1 atom stereocenters. The van der Waals surface area contributed by atoms with Gasteiger partial charge < -0.3 is 10.1 Å². The summed E-state index contributed by atoms with van der Waals surface area (Å²) in [6.45, 7) is 0.958. The van der Waals surface area contributed by atoms with E-state index in [4.69, 9.17) is 4.74 Å². The monoisotopic (exact) mass is 307 g/mol. The molecule has 0 saturated heterocycles. The predicted octanol–water partition coefficient (Wildman–Crippen LogP) is 4.37. The summed E-state index contributed by atoms with van der Waals surface area (Å²) in [7, 11) is 0. The standard InChI is InChI=1S/C17H16F3NO/c18-17(19,20)14-6-2-4-8-16(14)22-11-12-9-13-5-1-3-7-15(13)21-10-12/h1-8,12,21H,9-11H2. The van der Waals surface area contributed by atoms with Gasteiger partial charge in [0.2, 0.25) is 0 Å². The third kappa shape index (κ3) is 3.18. The smallest absolute Gasteiger partial charge is 0.419 e. The highest BCUT2D eigenvalue weighted by molar-refractivity contribution is 5.53. The van der Waals surface area contributed by atoms with E-state index in [1.54, 1.807) is 6.07 Å². The van der Waals surface area contributed by atoms with Crippen molar-refractivity contribution in [2.75, 3.05) is 18.5 Å². The first-order valence-electron chi connectivity index (χ1n) is 7.15. The van der Waals surface area contributed by atoms with Gasteiger partial charge in [-0.05, 0) is 30.2 Å². The van der Waals surface area contributed by atoms with Gasteiger partial charge in [0.05, 0.1) is 12.2 Å². The van der Waals surface area contributed by atoms with Gasteiger partial charge in [0.25, 0.3) is 0 Å². The average Bonchev–Trinajstić information content (AvgIpc) is 2.52. The Kier molecular flexibility index (Phi) is 3.96. The summed E-state index contributed by atoms with van der Waals surface area (Å²) in [6, 6.07) is 13.3. The number of halogens is 3. The van der Waals surface area contributed by atoms with Crippen LogP contribution in [0.25, 0.3) is 0 Å². The van der Waals surface area contributed by atoms with Gasteiger partial charge >= 0.3 is 6.18 Å². The molecule has 22 heavy (non-hydrogen) atoms. The zero-order valence-corrected chi connectivity index (χ0v) is 11.9. The lowest BCUT2D eigenvalue weighted by molar-refractivity contribution is -0.139. The summed E-state index contributed by atoms with van der Waals surface area (Å²) in [5.41, 5.74) is 1.54. The van der Waals surface area contributed by atoms with Gasteiger partial charge in [-0.25, -0.2) is 0 Å². The lowest BCUT2D eigenvalue weighted by atomic mass is 9.95. The van der Waals surface area contributed by atoms with Crippen LogP contribution in [-0.2, 0) is 12.6 Å². The van der Waals surface area contributed by atoms with Crippen molar-refractivity contribution in [3.63, 3.8) is 0 Å². The van der Waals surface area contributed by atoms with E-state index in [0.717, 1.165) is 18.2 Å². The summed E-state index contributed by atoms with van der Waals surface area (Å²) < 4.78 is 44.2. The van der Waals surface area contributed by atoms with Gasteiger partial charge in [0.15, 0.2) is 0 Å². The average molecular weight is 307 g/mol. The number of fused-ring (bicyclic) bond motifs is 1. The lowest BCUT2D eigenvalue weighted by Crippen LogP contribution is -2.28. The fraction of sp³-hybridized carbons (Fsp3) is 0.294. The van der Waals surface area contributed by atoms with E-state index in [2.05, 4.69) is 5.32 Å². The Morgan fingerprint density at radius 3 is 2.59 bits per heavy atom. The molecule has 2 aromatic carbocycles. The van der Waals surface area contributed by atoms with Crippen molar-refractivity contribution in [2.45, 2.75) is 12.6 Å². The number of anilines is 1. The molecule has 2 nitrogen and oxygen atoms in total. The Balaban J connectivity index is 1.67. The van der Waals surface area contributed by atoms with Crippen LogP contribution in [0.4, 0.5) is 18.9 Å². The van der Waals surface area contributed by atoms with Crippen molar-refractivity contribution in [3.8, 4) is 5.75 Å². The molecule has 1 aliphatic rings. The van der Waals surface area contributed by atoms with Crippen molar-refractivity contribution < 1.29 is 17.9 Å². The maximum absolute atomic E-state index is 12.9. The zero-order valence-electron chi connectivity index (χ0n) is 11.9. The molecule has 1 unspecified atom stereocenters. The molecule has 0 radical (unpaired) electrons. The fourth-order valence-electron chi connectivity index (χ4n) is 2.66. The van der Waals surface area contributed by atoms with Gasteiger partial charge in [-0.1, -0.05) is 30.3 Å². The normalized spacial score (nSPS) is 17.5. The SMILES string of the molecule is FC(F)(F)c1ccccc1OCC1CNc2ccccc2C1. The number of hydrogen-bond acceptors (Lipinski definition) is 2. The number of hydrogen-bond donors (Lipinski definition) is 1. The summed E-state index contributed by atoms with van der Waals surface area (Å²) in [6.07, 6.45) is -3.59. The Morgan fingerprint density at radius 1 is 1.05 bits per heavy atom. The highest BCUT2D eigenvalue weighted by Gasteiger charge is 2.34. The molecule has 3 rings (SSSR count). The number of ether oxygens (including phenoxy) is 1. The highest BCUT2D eigenvalue weighted by Crippen LogP contribution is 2.36. The summed E-state index contributed by atoms with van der Waals surface area (Å²) >= 11 is 0. The maximum atomic E-state index is 12.9. The van der Waals surface area contributed by atoms with Gasteiger partial charge in [0.1, 0.15) is 5.75 Å². The molecule has 0 fully saturated rings. The van der Waals surface area contributed by atoms with Crippen molar-refractivity contribution in [1.82, 2.24) is 0 Å². The van der Waals surface area contributed by atoms with E-state index in [1.165, 1.54) is 17.7 Å². The van der Waals surface area contributed by atoms with Crippen LogP contribution in [0.3, 0.4) is 0 Å². The van der Waals surface area contributed by atoms with Crippen LogP contribution in [0.15, 0.2) is 48.5 Å². The largest absolute Gasteiger partial charge is 0.493 e. The Hall–Kier alpha value is -2.17. The van der Waals surface area contributed by atoms with Crippen molar-refractivity contribution in [3.05, 3.63) is 59.7 Å². The van der Waals surface area contributed by atoms with Crippen LogP contribution in [0.2, 0.25) is 0 Å². The number of benzene rings is 2. The molecule has 1 aliphatic heterocycles. The Bertz CT molecular complexity index is 654. The molecular formula is C17H16F3NO. The van der Waals surface area contributed by atoms with E-state index in [1.807, 2.05) is 24.3 Å². The fourth-order valence-corrected chi connectivity index (χ4v) is 2.66. The van der Waals surface area contributed by atoms with Crippen LogP contribution in [0, 0.1) is 5.92 Å². The van der Waals surface area contributed by atoms with Gasteiger partial charge in [-0.2, -0.15) is 13.2 Å². The number of para-hydroxylation sites is 2. The zero-order chi connectivity index (χ0) is 15.6. The minimum absolute atomic E-state index is 0.103. The minimum Gasteiger partial charge on any atom is -0.493 e. The highest BCUT2D eigenvalue weighted by atomic mass is 19.4. The predicted molar refractivity (Wildman–Crippen MR) is 79.1 cm³/mol. The first kappa shape index (κ1) is 14.8. The Labute approximate surface area is 126 Å². The molecule has 0 saturated carbocycles. The van der Waals surface area contributed by atoms with Crippen LogP contribution < -0.4 is 10.1 Å². The van der Waals surface area contributed by atoms with E-state index in [0.29, 0.717) is 6.54 Å². The van der Waals surface area contributed by atoms with E-state index < -0.39 is 11.7 Å². The van der Waals surface area contributed by atoms with Crippen LogP contribution in [0.1, 0.15) is 11.1 Å². The van der Waals surface area contributed by atoms with Crippen molar-refractivity contribution in [1.29, 1.82) is 0 Å². The van der Waals surface area contributed by atoms with Crippen molar-refractivity contribution in [2.24, 2.45) is 5.92 Å². The molecule has 0 spiro atoms. The van der Waals surface area contributed by atoms with E-state index >= 15 is 0 Å². The first-order valence-corrected chi connectivity index (χ1v) is 7.15. The molecule has 0 bridgehead atoms. The third-order valence-electron chi connectivity index (χ3n) is 3.77. The van der Waals surface area contributed by atoms with Crippen LogP contribution in [-0.4, -0.2) is 13.2 Å². The first-order chi connectivity index (χ1) is 10.5. The van der Waals surface area contributed by atoms with Gasteiger partial charge in [-0.3, -0.25) is 0 Å². The lowest BCUT2D eigenvalue weighted by Gasteiger charge is -2.26. The van der Waals surface area contributed by atoms with Gasteiger partial charge in [-0.15, -0.1) is 0 Å². The molecule has 0 amide bonds. The van der Waals surface area contributed by atoms with Crippen LogP contribution >= 0.6 is 0 Å². The van der Waals surface area contributed by atoms with Gasteiger partial charge in [0, 0.05) is 18.2 Å². The molecule has 1 N–H and O–H groups in total. The summed E-state index contributed by atoms with van der Waals surface area (Å²) in [5.74, 6) is 0.0463. The quantitative estimate of drug-likeness (QED) is 0.909. The number of rotatable bonds is 3. The third-order valence-corrected chi connectivity index (χ3v) is 3.77. The van der Waals surface area contributed by atoms with Crippen LogP contribution in [0.5, 0.6) is 5.75 Å². The molecule has 2 aromatic rings. The summed E-state index contributed by atoms with van der Waals surface area (Å²) in [5, 5.41) is 3.29. The maximum Gasteiger partial charge on any atom is 0.419 e. The molecule has 116 valence electrons. The van der Waals surface area contributed by atoms with E-state index in [9.17, 15) is 13.2 Å². The summed E-state index contributed by atoms with van der Waals surface area (Å²) in [4.78, 5) is 0. The second-order valence-electron chi connectivity index (χ2n) is 5.41. The number of alkyl halides is 3. The second kappa shape index (κ2) is 5.91. The Morgan fingerprint density at radius 2 is 1.77 bits per heavy atom. The molecule has 5 heteroatoms. The molecular weight excluding hydrogens is 291 g/mol. The molecule has 1 heterocycles. The minimum atomic E-state index is -4.39.